The minimum atomic E-state index is -3.61. The lowest BCUT2D eigenvalue weighted by Gasteiger charge is -2.18. The lowest BCUT2D eigenvalue weighted by molar-refractivity contribution is 0.575. The second-order valence-corrected chi connectivity index (χ2v) is 10.7. The molecule has 0 unspecified atom stereocenters. The van der Waals surface area contributed by atoms with Crippen molar-refractivity contribution in [1.82, 2.24) is 14.3 Å². The Bertz CT molecular complexity index is 1510. The van der Waals surface area contributed by atoms with E-state index in [-0.39, 0.29) is 10.8 Å². The maximum absolute atomic E-state index is 13.0. The van der Waals surface area contributed by atoms with Gasteiger partial charge in [0.25, 0.3) is 0 Å². The minimum Gasteiger partial charge on any atom is -0.324 e. The third-order valence-corrected chi connectivity index (χ3v) is 8.03. The molecule has 0 bridgehead atoms. The van der Waals surface area contributed by atoms with E-state index in [0.717, 1.165) is 22.4 Å². The van der Waals surface area contributed by atoms with Crippen molar-refractivity contribution in [3.8, 4) is 0 Å². The van der Waals surface area contributed by atoms with E-state index in [1.54, 1.807) is 12.1 Å². The molecule has 5 aromatic rings. The van der Waals surface area contributed by atoms with Gasteiger partial charge < -0.3 is 4.57 Å². The molecule has 5 rings (SSSR count). The standard InChI is InChI=1S/C30H29N3O2S/c1-23-32-29-14-8-9-15-30(29)33(23)22-24-16-18-27(19-17-24)36(34,35)31-21-20-28(25-10-4-2-5-11-25)26-12-6-3-7-13-26/h2-19,28,31H,20-22H2,1H3. The Morgan fingerprint density at radius 3 is 2.00 bits per heavy atom. The fourth-order valence-electron chi connectivity index (χ4n) is 4.67. The van der Waals surface area contributed by atoms with Crippen molar-refractivity contribution in [3.05, 3.63) is 132 Å². The van der Waals surface area contributed by atoms with Crippen LogP contribution >= 0.6 is 0 Å². The molecule has 0 aliphatic heterocycles. The van der Waals surface area contributed by atoms with Crippen LogP contribution in [-0.2, 0) is 16.6 Å². The van der Waals surface area contributed by atoms with Crippen molar-refractivity contribution in [2.45, 2.75) is 30.7 Å². The zero-order valence-electron chi connectivity index (χ0n) is 20.2. The lowest BCUT2D eigenvalue weighted by atomic mass is 9.89. The van der Waals surface area contributed by atoms with Gasteiger partial charge in [-0.25, -0.2) is 18.1 Å². The van der Waals surface area contributed by atoms with Gasteiger partial charge in [0.15, 0.2) is 0 Å². The first-order valence-electron chi connectivity index (χ1n) is 12.1. The average molecular weight is 496 g/mol. The van der Waals surface area contributed by atoms with Crippen molar-refractivity contribution < 1.29 is 8.42 Å². The summed E-state index contributed by atoms with van der Waals surface area (Å²) in [6, 6.07) is 35.6. The van der Waals surface area contributed by atoms with Crippen LogP contribution in [0, 0.1) is 6.92 Å². The van der Waals surface area contributed by atoms with Crippen molar-refractivity contribution in [1.29, 1.82) is 0 Å². The number of hydrogen-bond donors (Lipinski definition) is 1. The summed E-state index contributed by atoms with van der Waals surface area (Å²) in [5, 5.41) is 0. The molecule has 182 valence electrons. The Labute approximate surface area is 212 Å². The van der Waals surface area contributed by atoms with Gasteiger partial charge in [-0.2, -0.15) is 0 Å². The quantitative estimate of drug-likeness (QED) is 0.277. The monoisotopic (exact) mass is 495 g/mol. The molecule has 0 spiro atoms. The van der Waals surface area contributed by atoms with Gasteiger partial charge >= 0.3 is 0 Å². The summed E-state index contributed by atoms with van der Waals surface area (Å²) in [7, 11) is -3.61. The van der Waals surface area contributed by atoms with E-state index in [0.29, 0.717) is 19.5 Å². The Balaban J connectivity index is 1.27. The number of sulfonamides is 1. The van der Waals surface area contributed by atoms with E-state index in [1.165, 1.54) is 11.1 Å². The van der Waals surface area contributed by atoms with Crippen molar-refractivity contribution in [2.24, 2.45) is 0 Å². The first-order valence-corrected chi connectivity index (χ1v) is 13.6. The molecule has 0 saturated carbocycles. The Hall–Kier alpha value is -3.74. The van der Waals surface area contributed by atoms with Gasteiger partial charge in [-0.15, -0.1) is 0 Å². The van der Waals surface area contributed by atoms with E-state index in [4.69, 9.17) is 0 Å². The van der Waals surface area contributed by atoms with Gasteiger partial charge in [-0.1, -0.05) is 84.9 Å². The number of benzene rings is 4. The van der Waals surface area contributed by atoms with Gasteiger partial charge in [-0.05, 0) is 54.3 Å². The number of para-hydroxylation sites is 2. The number of aromatic nitrogens is 2. The molecule has 0 amide bonds. The zero-order valence-corrected chi connectivity index (χ0v) is 21.0. The van der Waals surface area contributed by atoms with E-state index in [2.05, 4.69) is 44.6 Å². The summed E-state index contributed by atoms with van der Waals surface area (Å²) in [6.07, 6.45) is 0.665. The molecule has 5 nitrogen and oxygen atoms in total. The second-order valence-electron chi connectivity index (χ2n) is 8.94. The molecule has 1 aromatic heterocycles. The molecule has 0 atom stereocenters. The van der Waals surface area contributed by atoms with E-state index in [1.807, 2.05) is 73.7 Å². The van der Waals surface area contributed by atoms with Crippen LogP contribution in [0.3, 0.4) is 0 Å². The molecule has 1 heterocycles. The molecule has 1 N–H and O–H groups in total. The number of imidazole rings is 1. The number of nitrogens with zero attached hydrogens (tertiary/aromatic N) is 2. The van der Waals surface area contributed by atoms with Gasteiger partial charge in [0.1, 0.15) is 5.82 Å². The summed E-state index contributed by atoms with van der Waals surface area (Å²) in [4.78, 5) is 4.89. The summed E-state index contributed by atoms with van der Waals surface area (Å²) >= 11 is 0. The molecule has 0 aliphatic rings. The molecule has 6 heteroatoms. The molecule has 0 aliphatic carbocycles. The highest BCUT2D eigenvalue weighted by Gasteiger charge is 2.18. The first-order chi connectivity index (χ1) is 17.5. The third-order valence-electron chi connectivity index (χ3n) is 6.55. The maximum atomic E-state index is 13.0. The first kappa shape index (κ1) is 24.0. The molecular formula is C30H29N3O2S. The number of nitrogens with one attached hydrogen (secondary N) is 1. The Kier molecular flexibility index (Phi) is 6.98. The molecule has 0 fully saturated rings. The van der Waals surface area contributed by atoms with Crippen LogP contribution in [0.15, 0.2) is 114 Å². The highest BCUT2D eigenvalue weighted by molar-refractivity contribution is 7.89. The van der Waals surface area contributed by atoms with Crippen LogP contribution in [0.1, 0.15) is 34.9 Å². The Morgan fingerprint density at radius 2 is 1.36 bits per heavy atom. The number of aryl methyl sites for hydroxylation is 1. The Morgan fingerprint density at radius 1 is 0.778 bits per heavy atom. The largest absolute Gasteiger partial charge is 0.324 e. The van der Waals surface area contributed by atoms with Gasteiger partial charge in [-0.3, -0.25) is 0 Å². The van der Waals surface area contributed by atoms with Crippen LogP contribution in [0.25, 0.3) is 11.0 Å². The SMILES string of the molecule is Cc1nc2ccccc2n1Cc1ccc(S(=O)(=O)NCCC(c2ccccc2)c2ccccc2)cc1. The molecule has 36 heavy (non-hydrogen) atoms. The van der Waals surface area contributed by atoms with Gasteiger partial charge in [0.05, 0.1) is 15.9 Å². The van der Waals surface area contributed by atoms with E-state index < -0.39 is 10.0 Å². The maximum Gasteiger partial charge on any atom is 0.240 e. The number of rotatable bonds is 9. The highest BCUT2D eigenvalue weighted by atomic mass is 32.2. The molecule has 0 radical (unpaired) electrons. The van der Waals surface area contributed by atoms with Crippen molar-refractivity contribution in [2.75, 3.05) is 6.54 Å². The fourth-order valence-corrected chi connectivity index (χ4v) is 5.72. The van der Waals surface area contributed by atoms with Crippen LogP contribution in [-0.4, -0.2) is 24.5 Å². The normalized spacial score (nSPS) is 11.8. The van der Waals surface area contributed by atoms with Gasteiger partial charge in [0.2, 0.25) is 10.0 Å². The van der Waals surface area contributed by atoms with Crippen LogP contribution in [0.5, 0.6) is 0 Å². The summed E-state index contributed by atoms with van der Waals surface area (Å²) in [6.45, 7) is 2.97. The lowest BCUT2D eigenvalue weighted by Crippen LogP contribution is -2.26. The predicted octanol–water partition coefficient (Wildman–Crippen LogP) is 5.89. The predicted molar refractivity (Wildman–Crippen MR) is 145 cm³/mol. The summed E-state index contributed by atoms with van der Waals surface area (Å²) in [5.41, 5.74) is 5.40. The zero-order chi connectivity index (χ0) is 25.0. The minimum absolute atomic E-state index is 0.116. The second kappa shape index (κ2) is 10.5. The topological polar surface area (TPSA) is 64.0 Å². The van der Waals surface area contributed by atoms with Crippen LogP contribution < -0.4 is 4.72 Å². The highest BCUT2D eigenvalue weighted by Crippen LogP contribution is 2.27. The van der Waals surface area contributed by atoms with Crippen molar-refractivity contribution in [3.63, 3.8) is 0 Å². The van der Waals surface area contributed by atoms with E-state index in [9.17, 15) is 8.42 Å². The number of fused-ring (bicyclic) bond motifs is 1. The third kappa shape index (κ3) is 5.25. The van der Waals surface area contributed by atoms with Gasteiger partial charge in [0, 0.05) is 19.0 Å². The fraction of sp³-hybridized carbons (Fsp3) is 0.167. The van der Waals surface area contributed by atoms with Crippen LogP contribution in [0.4, 0.5) is 0 Å². The average Bonchev–Trinajstić information content (AvgIpc) is 3.22. The summed E-state index contributed by atoms with van der Waals surface area (Å²) in [5.74, 6) is 1.05. The van der Waals surface area contributed by atoms with Crippen LogP contribution in [0.2, 0.25) is 0 Å². The molecule has 0 saturated heterocycles. The van der Waals surface area contributed by atoms with Crippen molar-refractivity contribution >= 4 is 21.1 Å². The van der Waals surface area contributed by atoms with E-state index >= 15 is 0 Å². The smallest absolute Gasteiger partial charge is 0.240 e. The number of hydrogen-bond acceptors (Lipinski definition) is 3. The molecule has 4 aromatic carbocycles. The summed E-state index contributed by atoms with van der Waals surface area (Å²) < 4.78 is 31.0. The molecular weight excluding hydrogens is 466 g/mol.